The molecule has 0 radical (unpaired) electrons. The lowest BCUT2D eigenvalue weighted by molar-refractivity contribution is 0.480. The van der Waals surface area contributed by atoms with Crippen molar-refractivity contribution in [3.63, 3.8) is 0 Å². The largest absolute Gasteiger partial charge is 0.506 e. The lowest BCUT2D eigenvalue weighted by atomic mass is 10.0. The second-order valence-corrected chi connectivity index (χ2v) is 6.63. The zero-order chi connectivity index (χ0) is 17.0. The van der Waals surface area contributed by atoms with Crippen LogP contribution in [0, 0.1) is 0 Å². The van der Waals surface area contributed by atoms with Crippen LogP contribution in [0.4, 0.5) is 0 Å². The molecule has 0 unspecified atom stereocenters. The first-order chi connectivity index (χ1) is 11.8. The molecule has 130 valence electrons. The maximum Gasteiger partial charge on any atom is 0.141 e. The number of aromatic nitrogens is 1. The Kier molecular flexibility index (Phi) is 8.69. The number of unbranched alkanes of at least 4 members (excludes halogenated alkanes) is 6. The molecule has 24 heavy (non-hydrogen) atoms. The third-order valence-corrected chi connectivity index (χ3v) is 4.59. The molecule has 0 aliphatic carbocycles. The van der Waals surface area contributed by atoms with E-state index in [1.54, 1.807) is 12.3 Å². The summed E-state index contributed by atoms with van der Waals surface area (Å²) in [6.07, 6.45) is 17.0. The van der Waals surface area contributed by atoms with Gasteiger partial charge in [0.1, 0.15) is 11.3 Å². The molecule has 1 N–H and O–H groups in total. The van der Waals surface area contributed by atoms with E-state index >= 15 is 0 Å². The fraction of sp³-hybridized carbons (Fsp3) is 0.476. The number of halogens is 1. The summed E-state index contributed by atoms with van der Waals surface area (Å²) in [5, 5.41) is 11.0. The predicted molar refractivity (Wildman–Crippen MR) is 104 cm³/mol. The first-order valence-corrected chi connectivity index (χ1v) is 9.63. The Morgan fingerprint density at radius 3 is 2.46 bits per heavy atom. The van der Waals surface area contributed by atoms with Crippen LogP contribution in [0.15, 0.2) is 42.6 Å². The average Bonchev–Trinajstić information content (AvgIpc) is 2.61. The van der Waals surface area contributed by atoms with Crippen LogP contribution >= 0.6 is 11.6 Å². The minimum atomic E-state index is 0.271. The fourth-order valence-corrected chi connectivity index (χ4v) is 3.15. The van der Waals surface area contributed by atoms with Crippen LogP contribution < -0.4 is 0 Å². The van der Waals surface area contributed by atoms with Gasteiger partial charge in [0, 0.05) is 17.5 Å². The van der Waals surface area contributed by atoms with Gasteiger partial charge in [0.25, 0.3) is 0 Å². The Bertz CT molecular complexity index is 639. The van der Waals surface area contributed by atoms with E-state index in [1.165, 1.54) is 44.1 Å². The monoisotopic (exact) mass is 345 g/mol. The minimum Gasteiger partial charge on any atom is -0.506 e. The van der Waals surface area contributed by atoms with Crippen LogP contribution in [0.5, 0.6) is 5.75 Å². The zero-order valence-electron chi connectivity index (χ0n) is 14.4. The molecule has 2 aromatic rings. The highest BCUT2D eigenvalue weighted by atomic mass is 35.5. The number of hydrogen-bond donors (Lipinski definition) is 1. The van der Waals surface area contributed by atoms with Crippen LogP contribution in [0.3, 0.4) is 0 Å². The van der Waals surface area contributed by atoms with Crippen molar-refractivity contribution in [2.75, 3.05) is 5.88 Å². The van der Waals surface area contributed by atoms with Gasteiger partial charge in [0.05, 0.1) is 0 Å². The van der Waals surface area contributed by atoms with Crippen molar-refractivity contribution >= 4 is 22.5 Å². The first-order valence-electron chi connectivity index (χ1n) is 9.09. The number of allylic oxidation sites excluding steroid dienone is 2. The van der Waals surface area contributed by atoms with Crippen LogP contribution in [-0.2, 0) is 6.42 Å². The Hall–Kier alpha value is -1.54. The summed E-state index contributed by atoms with van der Waals surface area (Å²) in [7, 11) is 0. The number of rotatable bonds is 11. The molecule has 0 spiro atoms. The van der Waals surface area contributed by atoms with E-state index in [0.29, 0.717) is 5.52 Å². The lowest BCUT2D eigenvalue weighted by Gasteiger charge is -2.07. The van der Waals surface area contributed by atoms with Crippen molar-refractivity contribution in [1.29, 1.82) is 0 Å². The van der Waals surface area contributed by atoms with Gasteiger partial charge in [-0.15, -0.1) is 11.6 Å². The topological polar surface area (TPSA) is 33.1 Å². The van der Waals surface area contributed by atoms with Crippen molar-refractivity contribution in [2.24, 2.45) is 0 Å². The molecule has 0 atom stereocenters. The van der Waals surface area contributed by atoms with Gasteiger partial charge in [-0.1, -0.05) is 37.1 Å². The number of aryl methyl sites for hydroxylation is 1. The maximum atomic E-state index is 9.88. The Labute approximate surface area is 150 Å². The summed E-state index contributed by atoms with van der Waals surface area (Å²) in [4.78, 5) is 4.28. The van der Waals surface area contributed by atoms with Crippen molar-refractivity contribution in [2.45, 2.75) is 57.8 Å². The van der Waals surface area contributed by atoms with E-state index in [-0.39, 0.29) is 5.75 Å². The van der Waals surface area contributed by atoms with Gasteiger partial charge in [-0.2, -0.15) is 0 Å². The van der Waals surface area contributed by atoms with E-state index in [9.17, 15) is 5.11 Å². The standard InChI is InChI=1S/C21H28ClNO/c22-16-10-8-6-4-2-1-3-5-7-9-12-18-14-15-20(24)21-19(18)13-11-17-23-21/h2,4,11,13-15,17,24H,1,3,5-10,12,16H2. The predicted octanol–water partition coefficient (Wildman–Crippen LogP) is 6.40. The SMILES string of the molecule is Oc1ccc(CCCCCCC=CCCCCCl)c2cccnc12. The Morgan fingerprint density at radius 1 is 0.917 bits per heavy atom. The number of fused-ring (bicyclic) bond motifs is 1. The molecule has 2 rings (SSSR count). The van der Waals surface area contributed by atoms with Crippen molar-refractivity contribution in [3.05, 3.63) is 48.2 Å². The molecule has 1 heterocycles. The van der Waals surface area contributed by atoms with Crippen LogP contribution in [0.1, 0.15) is 56.9 Å². The molecule has 0 fully saturated rings. The van der Waals surface area contributed by atoms with E-state index in [2.05, 4.69) is 17.1 Å². The smallest absolute Gasteiger partial charge is 0.141 e. The zero-order valence-corrected chi connectivity index (χ0v) is 15.1. The van der Waals surface area contributed by atoms with E-state index < -0.39 is 0 Å². The minimum absolute atomic E-state index is 0.271. The van der Waals surface area contributed by atoms with Crippen molar-refractivity contribution < 1.29 is 5.11 Å². The number of alkyl halides is 1. The van der Waals surface area contributed by atoms with Gasteiger partial charge in [0.2, 0.25) is 0 Å². The Balaban J connectivity index is 1.64. The van der Waals surface area contributed by atoms with E-state index in [4.69, 9.17) is 11.6 Å². The van der Waals surface area contributed by atoms with E-state index in [0.717, 1.165) is 30.5 Å². The van der Waals surface area contributed by atoms with Crippen LogP contribution in [0.25, 0.3) is 10.9 Å². The summed E-state index contributed by atoms with van der Waals surface area (Å²) >= 11 is 5.66. The summed E-state index contributed by atoms with van der Waals surface area (Å²) in [5.41, 5.74) is 2.00. The third kappa shape index (κ3) is 6.16. The highest BCUT2D eigenvalue weighted by Crippen LogP contribution is 2.26. The maximum absolute atomic E-state index is 9.88. The van der Waals surface area contributed by atoms with Gasteiger partial charge in [-0.05, 0) is 62.6 Å². The molecule has 0 bridgehead atoms. The fourth-order valence-electron chi connectivity index (χ4n) is 2.96. The average molecular weight is 346 g/mol. The number of aromatic hydroxyl groups is 1. The molecule has 0 saturated heterocycles. The molecule has 0 aliphatic rings. The molecular formula is C21H28ClNO. The quantitative estimate of drug-likeness (QED) is 0.290. The van der Waals surface area contributed by atoms with Gasteiger partial charge in [0.15, 0.2) is 0 Å². The molecule has 1 aromatic heterocycles. The molecule has 0 saturated carbocycles. The second-order valence-electron chi connectivity index (χ2n) is 6.25. The third-order valence-electron chi connectivity index (χ3n) is 4.33. The van der Waals surface area contributed by atoms with Gasteiger partial charge in [-0.25, -0.2) is 0 Å². The van der Waals surface area contributed by atoms with E-state index in [1.807, 2.05) is 18.2 Å². The molecule has 3 heteroatoms. The highest BCUT2D eigenvalue weighted by Gasteiger charge is 2.05. The van der Waals surface area contributed by atoms with Gasteiger partial charge >= 0.3 is 0 Å². The lowest BCUT2D eigenvalue weighted by Crippen LogP contribution is -1.90. The number of phenols is 1. The van der Waals surface area contributed by atoms with Gasteiger partial charge < -0.3 is 5.11 Å². The summed E-state index contributed by atoms with van der Waals surface area (Å²) < 4.78 is 0. The molecule has 0 aliphatic heterocycles. The molecular weight excluding hydrogens is 318 g/mol. The second kappa shape index (κ2) is 11.1. The molecule has 1 aromatic carbocycles. The van der Waals surface area contributed by atoms with Crippen molar-refractivity contribution in [1.82, 2.24) is 4.98 Å². The van der Waals surface area contributed by atoms with Gasteiger partial charge in [-0.3, -0.25) is 4.98 Å². The number of hydrogen-bond acceptors (Lipinski definition) is 2. The number of benzene rings is 1. The number of pyridine rings is 1. The highest BCUT2D eigenvalue weighted by molar-refractivity contribution is 6.17. The normalized spacial score (nSPS) is 11.5. The van der Waals surface area contributed by atoms with Crippen molar-refractivity contribution in [3.8, 4) is 5.75 Å². The number of nitrogens with zero attached hydrogens (tertiary/aromatic N) is 1. The van der Waals surface area contributed by atoms with Crippen LogP contribution in [0.2, 0.25) is 0 Å². The molecule has 0 amide bonds. The summed E-state index contributed by atoms with van der Waals surface area (Å²) in [5.74, 6) is 1.05. The first kappa shape index (κ1) is 18.8. The molecule has 2 nitrogen and oxygen atoms in total. The number of phenolic OH excluding ortho intramolecular Hbond substituents is 1. The summed E-state index contributed by atoms with van der Waals surface area (Å²) in [6.45, 7) is 0. The summed E-state index contributed by atoms with van der Waals surface area (Å²) in [6, 6.07) is 7.78. The van der Waals surface area contributed by atoms with Crippen LogP contribution in [-0.4, -0.2) is 16.0 Å². The Morgan fingerprint density at radius 2 is 1.67 bits per heavy atom.